The largest absolute Gasteiger partial charge is 0.493 e. The van der Waals surface area contributed by atoms with Crippen molar-refractivity contribution in [2.45, 2.75) is 53.0 Å². The molecule has 1 rings (SSSR count). The van der Waals surface area contributed by atoms with E-state index in [1.54, 1.807) is 14.2 Å². The summed E-state index contributed by atoms with van der Waals surface area (Å²) < 4.78 is 10.6. The third-order valence-corrected chi connectivity index (χ3v) is 3.89. The molecule has 1 aromatic rings. The van der Waals surface area contributed by atoms with Crippen molar-refractivity contribution in [2.24, 2.45) is 5.41 Å². The molecule has 0 aromatic heterocycles. The predicted octanol–water partition coefficient (Wildman–Crippen LogP) is 4.05. The summed E-state index contributed by atoms with van der Waals surface area (Å²) in [7, 11) is 3.35. The maximum absolute atomic E-state index is 5.37. The Balaban J connectivity index is 2.53. The van der Waals surface area contributed by atoms with Gasteiger partial charge >= 0.3 is 0 Å². The molecule has 1 N–H and O–H groups in total. The first-order valence-corrected chi connectivity index (χ1v) is 7.82. The fraction of sp³-hybridized carbons (Fsp3) is 0.667. The van der Waals surface area contributed by atoms with Crippen LogP contribution in [0, 0.1) is 5.41 Å². The summed E-state index contributed by atoms with van der Waals surface area (Å²) in [6.07, 6.45) is 3.43. The van der Waals surface area contributed by atoms with Gasteiger partial charge in [-0.3, -0.25) is 0 Å². The Morgan fingerprint density at radius 2 is 1.71 bits per heavy atom. The summed E-state index contributed by atoms with van der Waals surface area (Å²) in [5, 5.41) is 3.50. The SMILES string of the molecule is COc1ccc(CCC(C)(C)CCNC(C)C)cc1OC. The highest BCUT2D eigenvalue weighted by Crippen LogP contribution is 2.31. The van der Waals surface area contributed by atoms with Crippen molar-refractivity contribution in [3.8, 4) is 11.5 Å². The van der Waals surface area contributed by atoms with Crippen molar-refractivity contribution in [2.75, 3.05) is 20.8 Å². The Morgan fingerprint density at radius 1 is 1.05 bits per heavy atom. The van der Waals surface area contributed by atoms with Crippen LogP contribution in [0.3, 0.4) is 0 Å². The molecule has 0 saturated heterocycles. The smallest absolute Gasteiger partial charge is 0.160 e. The number of hydrogen-bond donors (Lipinski definition) is 1. The van der Waals surface area contributed by atoms with Gasteiger partial charge in [0.1, 0.15) is 0 Å². The van der Waals surface area contributed by atoms with Crippen LogP contribution in [0.25, 0.3) is 0 Å². The molecule has 0 saturated carbocycles. The average molecular weight is 293 g/mol. The van der Waals surface area contributed by atoms with Crippen molar-refractivity contribution < 1.29 is 9.47 Å². The van der Waals surface area contributed by atoms with Crippen LogP contribution in [-0.2, 0) is 6.42 Å². The second kappa shape index (κ2) is 8.28. The zero-order valence-corrected chi connectivity index (χ0v) is 14.5. The molecule has 0 spiro atoms. The third-order valence-electron chi connectivity index (χ3n) is 3.89. The molecule has 0 fully saturated rings. The molecule has 3 nitrogen and oxygen atoms in total. The Kier molecular flexibility index (Phi) is 7.03. The number of nitrogens with one attached hydrogen (secondary N) is 1. The van der Waals surface area contributed by atoms with Gasteiger partial charge in [-0.25, -0.2) is 0 Å². The number of hydrogen-bond acceptors (Lipinski definition) is 3. The van der Waals surface area contributed by atoms with E-state index in [1.165, 1.54) is 18.4 Å². The Bertz CT molecular complexity index is 427. The van der Waals surface area contributed by atoms with Crippen LogP contribution in [-0.4, -0.2) is 26.8 Å². The van der Waals surface area contributed by atoms with Gasteiger partial charge in [-0.2, -0.15) is 0 Å². The number of rotatable bonds is 9. The highest BCUT2D eigenvalue weighted by molar-refractivity contribution is 5.42. The summed E-state index contributed by atoms with van der Waals surface area (Å²) in [6, 6.07) is 6.76. The fourth-order valence-corrected chi connectivity index (χ4v) is 2.34. The van der Waals surface area contributed by atoms with Crippen LogP contribution >= 0.6 is 0 Å². The van der Waals surface area contributed by atoms with Crippen LogP contribution in [0.5, 0.6) is 11.5 Å². The minimum atomic E-state index is 0.342. The van der Waals surface area contributed by atoms with Gasteiger partial charge in [-0.1, -0.05) is 33.8 Å². The van der Waals surface area contributed by atoms with Gasteiger partial charge in [0.2, 0.25) is 0 Å². The Hall–Kier alpha value is -1.22. The number of benzene rings is 1. The van der Waals surface area contributed by atoms with E-state index in [2.05, 4.69) is 45.1 Å². The molecule has 0 atom stereocenters. The monoisotopic (exact) mass is 293 g/mol. The second-order valence-electron chi connectivity index (χ2n) is 6.71. The predicted molar refractivity (Wildman–Crippen MR) is 89.4 cm³/mol. The van der Waals surface area contributed by atoms with Gasteiger partial charge in [-0.05, 0) is 48.9 Å². The van der Waals surface area contributed by atoms with E-state index in [4.69, 9.17) is 9.47 Å². The molecule has 0 aliphatic heterocycles. The zero-order valence-electron chi connectivity index (χ0n) is 14.5. The van der Waals surface area contributed by atoms with Gasteiger partial charge in [0.25, 0.3) is 0 Å². The maximum atomic E-state index is 5.37. The maximum Gasteiger partial charge on any atom is 0.160 e. The summed E-state index contributed by atoms with van der Waals surface area (Å²) in [5.41, 5.74) is 1.65. The number of aryl methyl sites for hydroxylation is 1. The van der Waals surface area contributed by atoms with Crippen LogP contribution < -0.4 is 14.8 Å². The van der Waals surface area contributed by atoms with Crippen LogP contribution in [0.15, 0.2) is 18.2 Å². The molecule has 0 radical (unpaired) electrons. The van der Waals surface area contributed by atoms with Crippen molar-refractivity contribution in [3.63, 3.8) is 0 Å². The summed E-state index contributed by atoms with van der Waals surface area (Å²) in [4.78, 5) is 0. The first kappa shape index (κ1) is 17.8. The van der Waals surface area contributed by atoms with Gasteiger partial charge in [0.05, 0.1) is 14.2 Å². The van der Waals surface area contributed by atoms with Crippen molar-refractivity contribution >= 4 is 0 Å². The lowest BCUT2D eigenvalue weighted by molar-refractivity contribution is 0.298. The van der Waals surface area contributed by atoms with Gasteiger partial charge < -0.3 is 14.8 Å². The standard InChI is InChI=1S/C18H31NO2/c1-14(2)19-12-11-18(3,4)10-9-15-7-8-16(20-5)17(13-15)21-6/h7-8,13-14,19H,9-12H2,1-6H3. The van der Waals surface area contributed by atoms with E-state index in [1.807, 2.05) is 6.07 Å². The lowest BCUT2D eigenvalue weighted by atomic mass is 9.83. The summed E-state index contributed by atoms with van der Waals surface area (Å²) in [6.45, 7) is 10.1. The molecule has 3 heteroatoms. The first-order chi connectivity index (χ1) is 9.88. The Labute approximate surface area is 130 Å². The quantitative estimate of drug-likeness (QED) is 0.745. The molecule has 1 aromatic carbocycles. The van der Waals surface area contributed by atoms with Crippen LogP contribution in [0.2, 0.25) is 0 Å². The first-order valence-electron chi connectivity index (χ1n) is 7.82. The molecule has 120 valence electrons. The minimum Gasteiger partial charge on any atom is -0.493 e. The van der Waals surface area contributed by atoms with E-state index in [0.29, 0.717) is 11.5 Å². The van der Waals surface area contributed by atoms with Crippen LogP contribution in [0.4, 0.5) is 0 Å². The summed E-state index contributed by atoms with van der Waals surface area (Å²) in [5.74, 6) is 1.61. The topological polar surface area (TPSA) is 30.5 Å². The fourth-order valence-electron chi connectivity index (χ4n) is 2.34. The van der Waals surface area contributed by atoms with E-state index in [-0.39, 0.29) is 0 Å². The minimum absolute atomic E-state index is 0.342. The van der Waals surface area contributed by atoms with E-state index in [9.17, 15) is 0 Å². The molecular weight excluding hydrogens is 262 g/mol. The lowest BCUT2D eigenvalue weighted by Gasteiger charge is -2.25. The van der Waals surface area contributed by atoms with Crippen molar-refractivity contribution in [1.29, 1.82) is 0 Å². The van der Waals surface area contributed by atoms with E-state index < -0.39 is 0 Å². The lowest BCUT2D eigenvalue weighted by Crippen LogP contribution is -2.28. The summed E-state index contributed by atoms with van der Waals surface area (Å²) >= 11 is 0. The molecule has 0 heterocycles. The third kappa shape index (κ3) is 6.38. The number of methoxy groups -OCH3 is 2. The van der Waals surface area contributed by atoms with Gasteiger partial charge in [0.15, 0.2) is 11.5 Å². The normalized spacial score (nSPS) is 11.8. The Morgan fingerprint density at radius 3 is 2.29 bits per heavy atom. The molecule has 0 bridgehead atoms. The molecular formula is C18H31NO2. The van der Waals surface area contributed by atoms with Crippen molar-refractivity contribution in [3.05, 3.63) is 23.8 Å². The van der Waals surface area contributed by atoms with Gasteiger partial charge in [-0.15, -0.1) is 0 Å². The average Bonchev–Trinajstić information content (AvgIpc) is 2.44. The van der Waals surface area contributed by atoms with Crippen molar-refractivity contribution in [1.82, 2.24) is 5.32 Å². The van der Waals surface area contributed by atoms with Crippen LogP contribution in [0.1, 0.15) is 46.1 Å². The highest BCUT2D eigenvalue weighted by atomic mass is 16.5. The van der Waals surface area contributed by atoms with E-state index in [0.717, 1.165) is 24.5 Å². The molecule has 0 amide bonds. The van der Waals surface area contributed by atoms with E-state index >= 15 is 0 Å². The molecule has 0 aliphatic rings. The zero-order chi connectivity index (χ0) is 15.9. The second-order valence-corrected chi connectivity index (χ2v) is 6.71. The highest BCUT2D eigenvalue weighted by Gasteiger charge is 2.18. The molecule has 0 aliphatic carbocycles. The number of ether oxygens (including phenoxy) is 2. The molecule has 0 unspecified atom stereocenters. The van der Waals surface area contributed by atoms with Gasteiger partial charge in [0, 0.05) is 6.04 Å². The molecule has 21 heavy (non-hydrogen) atoms.